The van der Waals surface area contributed by atoms with E-state index in [0.717, 1.165) is 12.3 Å². The van der Waals surface area contributed by atoms with E-state index < -0.39 is 6.10 Å². The van der Waals surface area contributed by atoms with Gasteiger partial charge in [-0.25, -0.2) is 0 Å². The topological polar surface area (TPSA) is 37.3 Å². The van der Waals surface area contributed by atoms with Crippen LogP contribution in [0.5, 0.6) is 0 Å². The van der Waals surface area contributed by atoms with Crippen molar-refractivity contribution >= 4 is 6.29 Å². The zero-order chi connectivity index (χ0) is 7.14. The first-order chi connectivity index (χ1) is 4.83. The van der Waals surface area contributed by atoms with Crippen molar-refractivity contribution in [2.45, 2.75) is 25.4 Å². The molecular weight excluding hydrogens is 128 g/mol. The molecule has 0 spiro atoms. The Labute approximate surface area is 60.2 Å². The molecular formula is C8H12O2. The van der Waals surface area contributed by atoms with Gasteiger partial charge in [0.2, 0.25) is 0 Å². The number of hydrogen-bond donors (Lipinski definition) is 1. The van der Waals surface area contributed by atoms with Crippen molar-refractivity contribution in [1.29, 1.82) is 0 Å². The highest BCUT2D eigenvalue weighted by molar-refractivity contribution is 5.56. The van der Waals surface area contributed by atoms with E-state index in [4.69, 9.17) is 0 Å². The maximum atomic E-state index is 10.2. The van der Waals surface area contributed by atoms with Gasteiger partial charge in [-0.05, 0) is 37.0 Å². The number of aldehydes is 1. The molecule has 0 amide bonds. The Kier molecular flexibility index (Phi) is 1.31. The molecule has 2 heteroatoms. The molecule has 2 nitrogen and oxygen atoms in total. The van der Waals surface area contributed by atoms with Crippen LogP contribution in [0.4, 0.5) is 0 Å². The zero-order valence-corrected chi connectivity index (χ0v) is 5.86. The van der Waals surface area contributed by atoms with Gasteiger partial charge in [0, 0.05) is 0 Å². The van der Waals surface area contributed by atoms with Gasteiger partial charge in [-0.1, -0.05) is 0 Å². The molecule has 56 valence electrons. The first kappa shape index (κ1) is 6.35. The molecule has 0 aromatic rings. The van der Waals surface area contributed by atoms with Crippen LogP contribution in [0.3, 0.4) is 0 Å². The third kappa shape index (κ3) is 0.788. The van der Waals surface area contributed by atoms with Crippen LogP contribution in [0.15, 0.2) is 0 Å². The number of hydrogen-bond acceptors (Lipinski definition) is 2. The molecule has 2 fully saturated rings. The summed E-state index contributed by atoms with van der Waals surface area (Å²) < 4.78 is 0. The van der Waals surface area contributed by atoms with Gasteiger partial charge in [0.25, 0.3) is 0 Å². The Hall–Kier alpha value is -0.370. The second kappa shape index (κ2) is 2.06. The first-order valence-corrected chi connectivity index (χ1v) is 3.96. The van der Waals surface area contributed by atoms with Gasteiger partial charge in [-0.15, -0.1) is 0 Å². The van der Waals surface area contributed by atoms with Gasteiger partial charge in [-0.3, -0.25) is 0 Å². The van der Waals surface area contributed by atoms with Crippen LogP contribution in [0, 0.1) is 17.8 Å². The fraction of sp³-hybridized carbons (Fsp3) is 0.875. The minimum atomic E-state index is -0.669. The van der Waals surface area contributed by atoms with E-state index in [9.17, 15) is 9.90 Å². The van der Waals surface area contributed by atoms with Crippen LogP contribution in [0.2, 0.25) is 0 Å². The largest absolute Gasteiger partial charge is 0.385 e. The van der Waals surface area contributed by atoms with Gasteiger partial charge in [-0.2, -0.15) is 0 Å². The summed E-state index contributed by atoms with van der Waals surface area (Å²) in [6.07, 6.45) is 3.58. The lowest BCUT2D eigenvalue weighted by atomic mass is 9.98. The van der Waals surface area contributed by atoms with E-state index in [1.807, 2.05) is 0 Å². The molecule has 2 aliphatic rings. The predicted molar refractivity (Wildman–Crippen MR) is 36.4 cm³/mol. The van der Waals surface area contributed by atoms with Gasteiger partial charge >= 0.3 is 0 Å². The van der Waals surface area contributed by atoms with Gasteiger partial charge < -0.3 is 9.90 Å². The molecule has 0 saturated heterocycles. The Bertz CT molecular complexity index is 155. The maximum Gasteiger partial charge on any atom is 0.148 e. The van der Waals surface area contributed by atoms with Crippen molar-refractivity contribution in [2.75, 3.05) is 0 Å². The van der Waals surface area contributed by atoms with Crippen molar-refractivity contribution in [3.63, 3.8) is 0 Å². The lowest BCUT2D eigenvalue weighted by Gasteiger charge is -2.12. The third-order valence-electron chi connectivity index (χ3n) is 2.98. The molecule has 4 unspecified atom stereocenters. The minimum absolute atomic E-state index is 0.308. The quantitative estimate of drug-likeness (QED) is 0.570. The van der Waals surface area contributed by atoms with Gasteiger partial charge in [0.15, 0.2) is 0 Å². The second-order valence-electron chi connectivity index (χ2n) is 3.53. The van der Waals surface area contributed by atoms with E-state index in [1.54, 1.807) is 0 Å². The molecule has 1 N–H and O–H groups in total. The standard InChI is InChI=1S/C8H12O2/c9-4-8(10)6-2-1-5-3-7(5)6/h4-8,10H,1-3H2. The summed E-state index contributed by atoms with van der Waals surface area (Å²) in [4.78, 5) is 10.2. The van der Waals surface area contributed by atoms with E-state index in [0.29, 0.717) is 18.1 Å². The smallest absolute Gasteiger partial charge is 0.148 e. The zero-order valence-electron chi connectivity index (χ0n) is 5.86. The van der Waals surface area contributed by atoms with Crippen molar-refractivity contribution in [3.05, 3.63) is 0 Å². The van der Waals surface area contributed by atoms with Crippen molar-refractivity contribution in [3.8, 4) is 0 Å². The first-order valence-electron chi connectivity index (χ1n) is 3.96. The number of rotatable bonds is 2. The fourth-order valence-electron chi connectivity index (χ4n) is 2.27. The van der Waals surface area contributed by atoms with E-state index in [-0.39, 0.29) is 0 Å². The van der Waals surface area contributed by atoms with Crippen molar-refractivity contribution < 1.29 is 9.90 Å². The molecule has 2 aliphatic carbocycles. The van der Waals surface area contributed by atoms with Gasteiger partial charge in [0.1, 0.15) is 12.4 Å². The van der Waals surface area contributed by atoms with E-state index in [2.05, 4.69) is 0 Å². The van der Waals surface area contributed by atoms with Crippen LogP contribution in [-0.4, -0.2) is 17.5 Å². The predicted octanol–water partition coefficient (Wildman–Crippen LogP) is 0.592. The summed E-state index contributed by atoms with van der Waals surface area (Å²) in [5.74, 6) is 1.86. The van der Waals surface area contributed by atoms with Crippen LogP contribution in [0.1, 0.15) is 19.3 Å². The van der Waals surface area contributed by atoms with Gasteiger partial charge in [0.05, 0.1) is 0 Å². The van der Waals surface area contributed by atoms with Crippen LogP contribution < -0.4 is 0 Å². The monoisotopic (exact) mass is 140 g/mol. The van der Waals surface area contributed by atoms with Crippen LogP contribution in [-0.2, 0) is 4.79 Å². The third-order valence-corrected chi connectivity index (χ3v) is 2.98. The molecule has 0 heterocycles. The number of aliphatic hydroxyl groups excluding tert-OH is 1. The maximum absolute atomic E-state index is 10.2. The van der Waals surface area contributed by atoms with Crippen LogP contribution in [0.25, 0.3) is 0 Å². The molecule has 0 aromatic heterocycles. The molecule has 0 aliphatic heterocycles. The molecule has 2 saturated carbocycles. The summed E-state index contributed by atoms with van der Waals surface area (Å²) in [5, 5.41) is 9.19. The van der Waals surface area contributed by atoms with Crippen molar-refractivity contribution in [1.82, 2.24) is 0 Å². The number of carbonyl (C=O) groups is 1. The summed E-state index contributed by atoms with van der Waals surface area (Å²) >= 11 is 0. The lowest BCUT2D eigenvalue weighted by molar-refractivity contribution is -0.117. The second-order valence-corrected chi connectivity index (χ2v) is 3.53. The number of aliphatic hydroxyl groups is 1. The normalized spacial score (nSPS) is 46.3. The molecule has 0 bridgehead atoms. The summed E-state index contributed by atoms with van der Waals surface area (Å²) in [7, 11) is 0. The lowest BCUT2D eigenvalue weighted by Crippen LogP contribution is -2.21. The SMILES string of the molecule is O=CC(O)C1CCC2CC21. The Morgan fingerprint density at radius 3 is 2.70 bits per heavy atom. The van der Waals surface area contributed by atoms with E-state index >= 15 is 0 Å². The molecule has 0 aromatic carbocycles. The minimum Gasteiger partial charge on any atom is -0.385 e. The average Bonchev–Trinajstić information content (AvgIpc) is 2.62. The van der Waals surface area contributed by atoms with E-state index in [1.165, 1.54) is 12.8 Å². The molecule has 10 heavy (non-hydrogen) atoms. The highest BCUT2D eigenvalue weighted by Gasteiger charge is 2.50. The Balaban J connectivity index is 1.98. The molecule has 4 atom stereocenters. The number of carbonyl (C=O) groups excluding carboxylic acids is 1. The fourth-order valence-corrected chi connectivity index (χ4v) is 2.27. The Morgan fingerprint density at radius 2 is 2.30 bits per heavy atom. The van der Waals surface area contributed by atoms with Crippen molar-refractivity contribution in [2.24, 2.45) is 17.8 Å². The van der Waals surface area contributed by atoms with Crippen LogP contribution >= 0.6 is 0 Å². The summed E-state index contributed by atoms with van der Waals surface area (Å²) in [5.41, 5.74) is 0. The molecule has 0 radical (unpaired) electrons. The number of fused-ring (bicyclic) bond motifs is 1. The molecule has 2 rings (SSSR count). The highest BCUT2D eigenvalue weighted by Crippen LogP contribution is 2.56. The summed E-state index contributed by atoms with van der Waals surface area (Å²) in [6.45, 7) is 0. The average molecular weight is 140 g/mol. The Morgan fingerprint density at radius 1 is 1.50 bits per heavy atom. The highest BCUT2D eigenvalue weighted by atomic mass is 16.3. The summed E-state index contributed by atoms with van der Waals surface area (Å²) in [6, 6.07) is 0.